The predicted octanol–water partition coefficient (Wildman–Crippen LogP) is 1.71. The summed E-state index contributed by atoms with van der Waals surface area (Å²) in [6.45, 7) is 1.57. The average molecular weight is 447 g/mol. The van der Waals surface area contributed by atoms with Gasteiger partial charge >= 0.3 is 11.6 Å². The van der Waals surface area contributed by atoms with Gasteiger partial charge in [0.2, 0.25) is 11.8 Å². The Labute approximate surface area is 167 Å². The minimum Gasteiger partial charge on any atom is -0.465 e. The quantitative estimate of drug-likeness (QED) is 0.663. The van der Waals surface area contributed by atoms with Gasteiger partial charge in [-0.2, -0.15) is 0 Å². The van der Waals surface area contributed by atoms with Crippen LogP contribution in [-0.2, 0) is 19.7 Å². The van der Waals surface area contributed by atoms with Crippen molar-refractivity contribution in [1.82, 2.24) is 0 Å². The molecule has 0 radical (unpaired) electrons. The lowest BCUT2D eigenvalue weighted by Gasteiger charge is -2.34. The molecular weight excluding hydrogens is 432 g/mol. The van der Waals surface area contributed by atoms with E-state index in [-0.39, 0.29) is 28.5 Å². The molecule has 4 rings (SSSR count). The summed E-state index contributed by atoms with van der Waals surface area (Å²) >= 11 is 3.39. The molecule has 8 nitrogen and oxygen atoms in total. The minimum absolute atomic E-state index is 0.0634. The molecule has 0 bridgehead atoms. The summed E-state index contributed by atoms with van der Waals surface area (Å²) in [6.07, 6.45) is 0. The second-order valence-corrected chi connectivity index (χ2v) is 7.41. The Hall–Kier alpha value is -3.07. The van der Waals surface area contributed by atoms with Crippen molar-refractivity contribution in [3.8, 4) is 5.75 Å². The molecule has 1 amide bonds. The Balaban J connectivity index is 2.24. The Morgan fingerprint density at radius 3 is 2.68 bits per heavy atom. The highest BCUT2D eigenvalue weighted by Crippen LogP contribution is 2.54. The van der Waals surface area contributed by atoms with E-state index in [4.69, 9.17) is 19.6 Å². The standard InChI is InChI=1S/C19H15BrN2O6/c1-8-6-12-13(17(24)27-8)19(14(15(21)28-12)16(23)26-3)10-7-9(20)4-5-11(10)22(2)18(19)25/h4-7H,21H2,1-3H3. The monoisotopic (exact) mass is 446 g/mol. The molecule has 28 heavy (non-hydrogen) atoms. The lowest BCUT2D eigenvalue weighted by Crippen LogP contribution is -2.50. The van der Waals surface area contributed by atoms with Crippen molar-refractivity contribution < 1.29 is 23.5 Å². The van der Waals surface area contributed by atoms with Gasteiger partial charge in [0.25, 0.3) is 0 Å². The molecule has 1 atom stereocenters. The lowest BCUT2D eigenvalue weighted by molar-refractivity contribution is -0.138. The minimum atomic E-state index is -1.84. The highest BCUT2D eigenvalue weighted by Gasteiger charge is 2.62. The van der Waals surface area contributed by atoms with Crippen LogP contribution in [0.5, 0.6) is 5.75 Å². The van der Waals surface area contributed by atoms with E-state index in [1.807, 2.05) is 0 Å². The summed E-state index contributed by atoms with van der Waals surface area (Å²) in [5, 5.41) is 0. The maximum absolute atomic E-state index is 13.6. The molecule has 3 heterocycles. The van der Waals surface area contributed by atoms with E-state index >= 15 is 0 Å². The third-order valence-electron chi connectivity index (χ3n) is 4.99. The molecule has 2 N–H and O–H groups in total. The fourth-order valence-electron chi connectivity index (χ4n) is 3.90. The van der Waals surface area contributed by atoms with Gasteiger partial charge in [-0.1, -0.05) is 15.9 Å². The molecule has 144 valence electrons. The summed E-state index contributed by atoms with van der Waals surface area (Å²) in [6, 6.07) is 6.59. The summed E-state index contributed by atoms with van der Waals surface area (Å²) < 4.78 is 16.3. The molecule has 1 spiro atoms. The van der Waals surface area contributed by atoms with Crippen molar-refractivity contribution in [2.45, 2.75) is 12.3 Å². The fraction of sp³-hybridized carbons (Fsp3) is 0.211. The number of aryl methyl sites for hydroxylation is 1. The average Bonchev–Trinajstić information content (AvgIpc) is 2.83. The van der Waals surface area contributed by atoms with Gasteiger partial charge in [0.05, 0.1) is 7.11 Å². The number of hydrogen-bond donors (Lipinski definition) is 1. The lowest BCUT2D eigenvalue weighted by atomic mass is 9.69. The summed E-state index contributed by atoms with van der Waals surface area (Å²) in [5.41, 5.74) is 3.99. The number of esters is 1. The zero-order valence-electron chi connectivity index (χ0n) is 15.2. The van der Waals surface area contributed by atoms with Gasteiger partial charge in [-0.05, 0) is 25.1 Å². The van der Waals surface area contributed by atoms with E-state index in [0.29, 0.717) is 15.7 Å². The normalized spacial score (nSPS) is 20.1. The number of amides is 1. The van der Waals surface area contributed by atoms with Crippen molar-refractivity contribution in [1.29, 1.82) is 0 Å². The van der Waals surface area contributed by atoms with E-state index < -0.39 is 22.9 Å². The summed E-state index contributed by atoms with van der Waals surface area (Å²) in [7, 11) is 2.72. The van der Waals surface area contributed by atoms with Crippen LogP contribution in [0.3, 0.4) is 0 Å². The highest BCUT2D eigenvalue weighted by molar-refractivity contribution is 9.10. The number of halogens is 1. The zero-order chi connectivity index (χ0) is 20.4. The van der Waals surface area contributed by atoms with E-state index in [1.165, 1.54) is 11.0 Å². The first kappa shape index (κ1) is 18.3. The Kier molecular flexibility index (Phi) is 3.90. The fourth-order valence-corrected chi connectivity index (χ4v) is 4.26. The first-order valence-corrected chi connectivity index (χ1v) is 9.02. The van der Waals surface area contributed by atoms with Crippen LogP contribution in [0, 0.1) is 6.92 Å². The number of likely N-dealkylation sites (N-methyl/N-ethyl adjacent to an activating group) is 1. The first-order valence-electron chi connectivity index (χ1n) is 8.23. The second-order valence-electron chi connectivity index (χ2n) is 6.49. The number of hydrogen-bond acceptors (Lipinski definition) is 7. The third kappa shape index (κ3) is 2.13. The first-order chi connectivity index (χ1) is 13.2. The third-order valence-corrected chi connectivity index (χ3v) is 5.49. The highest BCUT2D eigenvalue weighted by atomic mass is 79.9. The number of benzene rings is 1. The van der Waals surface area contributed by atoms with Crippen LogP contribution in [0.25, 0.3) is 0 Å². The Morgan fingerprint density at radius 1 is 1.29 bits per heavy atom. The molecule has 0 aliphatic carbocycles. The summed E-state index contributed by atoms with van der Waals surface area (Å²) in [5.74, 6) is -1.38. The molecule has 1 unspecified atom stereocenters. The molecule has 2 aliphatic heterocycles. The molecule has 2 aliphatic rings. The number of ether oxygens (including phenoxy) is 2. The van der Waals surface area contributed by atoms with Crippen LogP contribution in [0.15, 0.2) is 49.4 Å². The van der Waals surface area contributed by atoms with Crippen LogP contribution in [0.2, 0.25) is 0 Å². The van der Waals surface area contributed by atoms with Gasteiger partial charge in [-0.25, -0.2) is 9.59 Å². The van der Waals surface area contributed by atoms with Crippen LogP contribution >= 0.6 is 15.9 Å². The second kappa shape index (κ2) is 5.96. The van der Waals surface area contributed by atoms with Gasteiger partial charge in [0, 0.05) is 28.8 Å². The van der Waals surface area contributed by atoms with Gasteiger partial charge in [-0.15, -0.1) is 0 Å². The number of rotatable bonds is 1. The molecule has 1 aromatic heterocycles. The van der Waals surface area contributed by atoms with Crippen molar-refractivity contribution in [3.63, 3.8) is 0 Å². The summed E-state index contributed by atoms with van der Waals surface area (Å²) in [4.78, 5) is 40.6. The topological polar surface area (TPSA) is 112 Å². The molecular formula is C19H15BrN2O6. The Morgan fingerprint density at radius 2 is 2.00 bits per heavy atom. The SMILES string of the molecule is COC(=O)C1=C(N)Oc2cc(C)oc(=O)c2C12C(=O)N(C)c1ccc(Br)cc12. The largest absolute Gasteiger partial charge is 0.465 e. The smallest absolute Gasteiger partial charge is 0.344 e. The van der Waals surface area contributed by atoms with Gasteiger partial charge in [-0.3, -0.25) is 4.79 Å². The number of nitrogens with two attached hydrogens (primary N) is 1. The van der Waals surface area contributed by atoms with Crippen molar-refractivity contribution >= 4 is 33.5 Å². The van der Waals surface area contributed by atoms with Crippen molar-refractivity contribution in [2.75, 3.05) is 19.1 Å². The maximum atomic E-state index is 13.6. The van der Waals surface area contributed by atoms with E-state index in [2.05, 4.69) is 15.9 Å². The van der Waals surface area contributed by atoms with E-state index in [1.54, 1.807) is 32.2 Å². The van der Waals surface area contributed by atoms with Gasteiger partial charge < -0.3 is 24.5 Å². The zero-order valence-corrected chi connectivity index (χ0v) is 16.7. The molecule has 0 fully saturated rings. The van der Waals surface area contributed by atoms with Crippen LogP contribution in [0.4, 0.5) is 5.69 Å². The molecule has 2 aromatic rings. The van der Waals surface area contributed by atoms with Crippen molar-refractivity contribution in [2.24, 2.45) is 5.73 Å². The molecule has 9 heteroatoms. The van der Waals surface area contributed by atoms with E-state index in [9.17, 15) is 14.4 Å². The number of methoxy groups -OCH3 is 1. The van der Waals surface area contributed by atoms with Crippen LogP contribution < -0.4 is 21.0 Å². The number of carbonyl (C=O) groups excluding carboxylic acids is 2. The Bertz CT molecular complexity index is 1150. The molecule has 0 saturated heterocycles. The van der Waals surface area contributed by atoms with E-state index in [0.717, 1.165) is 7.11 Å². The number of carbonyl (C=O) groups is 2. The van der Waals surface area contributed by atoms with Crippen molar-refractivity contribution in [3.05, 3.63) is 67.5 Å². The molecule has 1 aromatic carbocycles. The molecule has 0 saturated carbocycles. The van der Waals surface area contributed by atoms with Crippen LogP contribution in [0.1, 0.15) is 16.9 Å². The number of nitrogens with zero attached hydrogens (tertiary/aromatic N) is 1. The van der Waals surface area contributed by atoms with Gasteiger partial charge in [0.1, 0.15) is 28.1 Å². The maximum Gasteiger partial charge on any atom is 0.344 e. The van der Waals surface area contributed by atoms with Gasteiger partial charge in [0.15, 0.2) is 0 Å². The van der Waals surface area contributed by atoms with Crippen LogP contribution in [-0.4, -0.2) is 26.0 Å². The number of fused-ring (bicyclic) bond motifs is 4. The number of anilines is 1. The predicted molar refractivity (Wildman–Crippen MR) is 102 cm³/mol.